The number of thiophene rings is 1. The number of rotatable bonds is 5. The fraction of sp³-hybridized carbons (Fsp3) is 0.154. The second-order valence-electron chi connectivity index (χ2n) is 4.29. The van der Waals surface area contributed by atoms with Crippen LogP contribution >= 0.6 is 22.9 Å². The summed E-state index contributed by atoms with van der Waals surface area (Å²) in [7, 11) is -3.67. The topological polar surface area (TPSA) is 89.3 Å². The quantitative estimate of drug-likeness (QED) is 0.869. The minimum absolute atomic E-state index is 0.0700. The number of nitrogens with one attached hydrogen (secondary N) is 1. The third-order valence-corrected chi connectivity index (χ3v) is 5.04. The first-order chi connectivity index (χ1) is 9.88. The summed E-state index contributed by atoms with van der Waals surface area (Å²) in [6.45, 7) is 0.432. The van der Waals surface area contributed by atoms with Gasteiger partial charge in [-0.2, -0.15) is 0 Å². The van der Waals surface area contributed by atoms with Gasteiger partial charge in [-0.15, -0.1) is 11.3 Å². The number of amides is 1. The molecule has 0 saturated heterocycles. The molecule has 21 heavy (non-hydrogen) atoms. The lowest BCUT2D eigenvalue weighted by atomic mass is 10.1. The number of nitrogens with two attached hydrogens (primary N) is 1. The Labute approximate surface area is 131 Å². The van der Waals surface area contributed by atoms with Gasteiger partial charge in [-0.05, 0) is 35.6 Å². The van der Waals surface area contributed by atoms with Crippen molar-refractivity contribution in [3.8, 4) is 0 Å². The van der Waals surface area contributed by atoms with E-state index in [1.807, 2.05) is 0 Å². The standard InChI is InChI=1S/C13H13ClN2O3S2/c14-11-6-8-20-12(11)13(17)16-7-5-9-1-3-10(4-2-9)21(15,18)19/h1-4,6,8H,5,7H2,(H,16,17)(H2,15,18,19). The summed E-state index contributed by atoms with van der Waals surface area (Å²) in [5, 5.41) is 9.98. The lowest BCUT2D eigenvalue weighted by Crippen LogP contribution is -2.25. The minimum Gasteiger partial charge on any atom is -0.351 e. The molecule has 0 bridgehead atoms. The smallest absolute Gasteiger partial charge is 0.262 e. The van der Waals surface area contributed by atoms with Gasteiger partial charge in [0.2, 0.25) is 10.0 Å². The van der Waals surface area contributed by atoms with Gasteiger partial charge >= 0.3 is 0 Å². The molecule has 0 aliphatic carbocycles. The zero-order chi connectivity index (χ0) is 15.5. The molecule has 1 aromatic heterocycles. The van der Waals surface area contributed by atoms with Crippen molar-refractivity contribution in [1.82, 2.24) is 5.32 Å². The normalized spacial score (nSPS) is 11.3. The van der Waals surface area contributed by atoms with Crippen molar-refractivity contribution in [2.75, 3.05) is 6.54 Å². The van der Waals surface area contributed by atoms with Gasteiger partial charge in [-0.3, -0.25) is 4.79 Å². The van der Waals surface area contributed by atoms with Gasteiger partial charge < -0.3 is 5.32 Å². The van der Waals surface area contributed by atoms with Crippen molar-refractivity contribution in [2.45, 2.75) is 11.3 Å². The van der Waals surface area contributed by atoms with Crippen molar-refractivity contribution in [3.63, 3.8) is 0 Å². The van der Waals surface area contributed by atoms with E-state index in [9.17, 15) is 13.2 Å². The molecular formula is C13H13ClN2O3S2. The predicted molar refractivity (Wildman–Crippen MR) is 83.2 cm³/mol. The zero-order valence-corrected chi connectivity index (χ0v) is 13.3. The van der Waals surface area contributed by atoms with Crippen LogP contribution in [0.3, 0.4) is 0 Å². The van der Waals surface area contributed by atoms with Crippen LogP contribution in [0.25, 0.3) is 0 Å². The van der Waals surface area contributed by atoms with Gasteiger partial charge in [-0.25, -0.2) is 13.6 Å². The summed E-state index contributed by atoms with van der Waals surface area (Å²) in [6.07, 6.45) is 0.583. The van der Waals surface area contributed by atoms with E-state index in [0.717, 1.165) is 5.56 Å². The number of sulfonamides is 1. The summed E-state index contributed by atoms with van der Waals surface area (Å²) >= 11 is 7.16. The molecular weight excluding hydrogens is 332 g/mol. The Hall–Kier alpha value is -1.41. The highest BCUT2D eigenvalue weighted by Gasteiger charge is 2.11. The lowest BCUT2D eigenvalue weighted by Gasteiger charge is -2.05. The Morgan fingerprint density at radius 1 is 1.24 bits per heavy atom. The second kappa shape index (κ2) is 6.57. The number of carbonyl (C=O) groups excluding carboxylic acids is 1. The molecule has 2 rings (SSSR count). The summed E-state index contributed by atoms with van der Waals surface area (Å²) in [6, 6.07) is 7.91. The highest BCUT2D eigenvalue weighted by molar-refractivity contribution is 7.89. The number of hydrogen-bond donors (Lipinski definition) is 2. The molecule has 0 atom stereocenters. The van der Waals surface area contributed by atoms with Crippen LogP contribution in [-0.2, 0) is 16.4 Å². The van der Waals surface area contributed by atoms with Crippen LogP contribution in [0.4, 0.5) is 0 Å². The first-order valence-corrected chi connectivity index (χ1v) is 8.81. The Bertz CT molecular complexity index is 739. The molecule has 0 spiro atoms. The summed E-state index contributed by atoms with van der Waals surface area (Å²) < 4.78 is 22.2. The van der Waals surface area contributed by atoms with Gasteiger partial charge in [0, 0.05) is 6.54 Å². The van der Waals surface area contributed by atoms with E-state index in [2.05, 4.69) is 5.32 Å². The van der Waals surface area contributed by atoms with E-state index in [4.69, 9.17) is 16.7 Å². The predicted octanol–water partition coefficient (Wildman–Crippen LogP) is 2.02. The number of carbonyl (C=O) groups is 1. The summed E-state index contributed by atoms with van der Waals surface area (Å²) in [4.78, 5) is 12.4. The maximum absolute atomic E-state index is 11.8. The van der Waals surface area contributed by atoms with Crippen LogP contribution in [0, 0.1) is 0 Å². The minimum atomic E-state index is -3.67. The average Bonchev–Trinajstić information content (AvgIpc) is 2.84. The molecule has 1 amide bonds. The number of halogens is 1. The SMILES string of the molecule is NS(=O)(=O)c1ccc(CCNC(=O)c2sccc2Cl)cc1. The molecule has 0 fully saturated rings. The molecule has 5 nitrogen and oxygen atoms in total. The van der Waals surface area contributed by atoms with Crippen molar-refractivity contribution in [1.29, 1.82) is 0 Å². The Kier molecular flexibility index (Phi) is 5.00. The number of hydrogen-bond acceptors (Lipinski definition) is 4. The van der Waals surface area contributed by atoms with E-state index < -0.39 is 10.0 Å². The zero-order valence-electron chi connectivity index (χ0n) is 10.9. The fourth-order valence-corrected chi connectivity index (χ4v) is 3.27. The maximum atomic E-state index is 11.8. The third kappa shape index (κ3) is 4.28. The molecule has 112 valence electrons. The van der Waals surface area contributed by atoms with Crippen LogP contribution in [-0.4, -0.2) is 20.9 Å². The molecule has 0 radical (unpaired) electrons. The van der Waals surface area contributed by atoms with Crippen LogP contribution in [0.5, 0.6) is 0 Å². The third-order valence-electron chi connectivity index (χ3n) is 2.77. The maximum Gasteiger partial charge on any atom is 0.262 e. The molecule has 1 heterocycles. The monoisotopic (exact) mass is 344 g/mol. The van der Waals surface area contributed by atoms with Crippen LogP contribution in [0.15, 0.2) is 40.6 Å². The van der Waals surface area contributed by atoms with E-state index in [-0.39, 0.29) is 10.8 Å². The number of benzene rings is 1. The molecule has 0 aliphatic heterocycles. The van der Waals surface area contributed by atoms with Gasteiger partial charge in [0.05, 0.1) is 9.92 Å². The van der Waals surface area contributed by atoms with E-state index in [1.165, 1.54) is 23.5 Å². The van der Waals surface area contributed by atoms with E-state index in [1.54, 1.807) is 23.6 Å². The molecule has 2 aromatic rings. The van der Waals surface area contributed by atoms with Crippen LogP contribution in [0.1, 0.15) is 15.2 Å². The Morgan fingerprint density at radius 3 is 2.43 bits per heavy atom. The second-order valence-corrected chi connectivity index (χ2v) is 7.18. The molecule has 0 unspecified atom stereocenters. The molecule has 0 saturated carbocycles. The van der Waals surface area contributed by atoms with Gasteiger partial charge in [-0.1, -0.05) is 23.7 Å². The van der Waals surface area contributed by atoms with Gasteiger partial charge in [0.15, 0.2) is 0 Å². The van der Waals surface area contributed by atoms with Crippen molar-refractivity contribution in [2.24, 2.45) is 5.14 Å². The molecule has 1 aromatic carbocycles. The van der Waals surface area contributed by atoms with E-state index >= 15 is 0 Å². The Morgan fingerprint density at radius 2 is 1.90 bits per heavy atom. The highest BCUT2D eigenvalue weighted by Crippen LogP contribution is 2.21. The summed E-state index contributed by atoms with van der Waals surface area (Å²) in [5.41, 5.74) is 0.903. The van der Waals surface area contributed by atoms with Gasteiger partial charge in [0.25, 0.3) is 5.91 Å². The van der Waals surface area contributed by atoms with Crippen molar-refractivity contribution >= 4 is 38.9 Å². The lowest BCUT2D eigenvalue weighted by molar-refractivity contribution is 0.0958. The first kappa shape index (κ1) is 16.0. The van der Waals surface area contributed by atoms with Crippen molar-refractivity contribution in [3.05, 3.63) is 51.2 Å². The average molecular weight is 345 g/mol. The van der Waals surface area contributed by atoms with Crippen molar-refractivity contribution < 1.29 is 13.2 Å². The van der Waals surface area contributed by atoms with Crippen LogP contribution < -0.4 is 10.5 Å². The number of primary sulfonamides is 1. The van der Waals surface area contributed by atoms with Crippen LogP contribution in [0.2, 0.25) is 5.02 Å². The largest absolute Gasteiger partial charge is 0.351 e. The Balaban J connectivity index is 1.89. The summed E-state index contributed by atoms with van der Waals surface area (Å²) in [5.74, 6) is -0.212. The molecule has 3 N–H and O–H groups in total. The van der Waals surface area contributed by atoms with Gasteiger partial charge in [0.1, 0.15) is 4.88 Å². The molecule has 0 aliphatic rings. The fourth-order valence-electron chi connectivity index (χ4n) is 1.70. The van der Waals surface area contributed by atoms with E-state index in [0.29, 0.717) is 22.9 Å². The molecule has 8 heteroatoms. The highest BCUT2D eigenvalue weighted by atomic mass is 35.5. The first-order valence-electron chi connectivity index (χ1n) is 6.01.